The SMILES string of the molecule is O=C(O)c1ccccc1[O-].c1ccc(C[NH2+]Cc2ccccc2)cc1. The molecule has 3 rings (SSSR count). The first kappa shape index (κ1) is 18.2. The van der Waals surface area contributed by atoms with Crippen LogP contribution >= 0.6 is 0 Å². The molecule has 0 aromatic heterocycles. The van der Waals surface area contributed by atoms with Crippen LogP contribution in [0.5, 0.6) is 5.75 Å². The molecule has 0 heterocycles. The Kier molecular flexibility index (Phi) is 7.22. The van der Waals surface area contributed by atoms with Crippen LogP contribution in [0.25, 0.3) is 0 Å². The maximum Gasteiger partial charge on any atom is 0.335 e. The molecule has 0 aliphatic heterocycles. The van der Waals surface area contributed by atoms with Crippen molar-refractivity contribution in [1.29, 1.82) is 0 Å². The number of para-hydroxylation sites is 1. The van der Waals surface area contributed by atoms with Crippen molar-refractivity contribution < 1.29 is 20.3 Å². The maximum absolute atomic E-state index is 10.7. The van der Waals surface area contributed by atoms with Crippen molar-refractivity contribution in [3.63, 3.8) is 0 Å². The highest BCUT2D eigenvalue weighted by molar-refractivity contribution is 5.90. The van der Waals surface area contributed by atoms with Gasteiger partial charge in [0.25, 0.3) is 0 Å². The molecule has 25 heavy (non-hydrogen) atoms. The molecule has 0 atom stereocenters. The maximum atomic E-state index is 10.7. The third-order valence-corrected chi connectivity index (χ3v) is 3.56. The van der Waals surface area contributed by atoms with E-state index in [9.17, 15) is 9.90 Å². The van der Waals surface area contributed by atoms with Gasteiger partial charge in [-0.05, 0) is 6.07 Å². The zero-order valence-electron chi connectivity index (χ0n) is 13.8. The smallest absolute Gasteiger partial charge is 0.335 e. The van der Waals surface area contributed by atoms with E-state index in [-0.39, 0.29) is 5.56 Å². The van der Waals surface area contributed by atoms with E-state index >= 15 is 0 Å². The molecule has 0 saturated heterocycles. The van der Waals surface area contributed by atoms with Crippen LogP contribution in [0.4, 0.5) is 0 Å². The molecule has 4 heteroatoms. The second-order valence-electron chi connectivity index (χ2n) is 5.47. The monoisotopic (exact) mass is 335 g/mol. The van der Waals surface area contributed by atoms with Gasteiger partial charge in [-0.2, -0.15) is 0 Å². The van der Waals surface area contributed by atoms with Gasteiger partial charge in [0.05, 0.1) is 5.56 Å². The fourth-order valence-electron chi connectivity index (χ4n) is 2.28. The lowest BCUT2D eigenvalue weighted by Crippen LogP contribution is -2.80. The van der Waals surface area contributed by atoms with E-state index < -0.39 is 11.7 Å². The Hall–Kier alpha value is -3.11. The van der Waals surface area contributed by atoms with Crippen LogP contribution in [0.15, 0.2) is 84.9 Å². The Morgan fingerprint density at radius 2 is 1.20 bits per heavy atom. The molecule has 0 aliphatic rings. The number of hydrogen-bond acceptors (Lipinski definition) is 2. The Morgan fingerprint density at radius 3 is 1.60 bits per heavy atom. The first-order valence-electron chi connectivity index (χ1n) is 8.05. The molecule has 3 aromatic rings. The van der Waals surface area contributed by atoms with Gasteiger partial charge in [-0.3, -0.25) is 0 Å². The first-order chi connectivity index (χ1) is 12.2. The first-order valence-corrected chi connectivity index (χ1v) is 8.05. The van der Waals surface area contributed by atoms with Gasteiger partial charge >= 0.3 is 5.97 Å². The van der Waals surface area contributed by atoms with Crippen molar-refractivity contribution in [3.05, 3.63) is 102 Å². The van der Waals surface area contributed by atoms with Gasteiger partial charge in [-0.25, -0.2) is 4.79 Å². The molecule has 0 saturated carbocycles. The summed E-state index contributed by atoms with van der Waals surface area (Å²) in [6.07, 6.45) is 0. The van der Waals surface area contributed by atoms with Crippen LogP contribution in [0, 0.1) is 0 Å². The average Bonchev–Trinajstić information content (AvgIpc) is 2.64. The summed E-state index contributed by atoms with van der Waals surface area (Å²) >= 11 is 0. The van der Waals surface area contributed by atoms with Gasteiger partial charge in [0.2, 0.25) is 0 Å². The Bertz CT molecular complexity index is 734. The summed E-state index contributed by atoms with van der Waals surface area (Å²) in [6.45, 7) is 2.10. The number of nitrogens with two attached hydrogens (primary N) is 1. The highest BCUT2D eigenvalue weighted by atomic mass is 16.4. The van der Waals surface area contributed by atoms with Crippen LogP contribution in [0.3, 0.4) is 0 Å². The summed E-state index contributed by atoms with van der Waals surface area (Å²) in [4.78, 5) is 10.2. The predicted molar refractivity (Wildman–Crippen MR) is 95.1 cm³/mol. The largest absolute Gasteiger partial charge is 0.872 e. The number of carboxylic acid groups (broad SMARTS) is 1. The van der Waals surface area contributed by atoms with E-state index in [1.807, 2.05) is 0 Å². The second kappa shape index (κ2) is 9.90. The Balaban J connectivity index is 0.000000196. The zero-order chi connectivity index (χ0) is 17.9. The molecular formula is C21H21NO3. The number of carboxylic acids is 1. The molecule has 128 valence electrons. The molecule has 0 bridgehead atoms. The van der Waals surface area contributed by atoms with E-state index in [1.54, 1.807) is 0 Å². The fraction of sp³-hybridized carbons (Fsp3) is 0.0952. The Labute approximate surface area is 147 Å². The van der Waals surface area contributed by atoms with Gasteiger partial charge in [0.1, 0.15) is 13.1 Å². The molecule has 0 spiro atoms. The van der Waals surface area contributed by atoms with Crippen molar-refractivity contribution >= 4 is 5.97 Å². The number of rotatable bonds is 5. The molecule has 3 N–H and O–H groups in total. The van der Waals surface area contributed by atoms with Crippen LogP contribution in [-0.4, -0.2) is 11.1 Å². The molecule has 0 amide bonds. The van der Waals surface area contributed by atoms with Gasteiger partial charge in [-0.15, -0.1) is 0 Å². The average molecular weight is 335 g/mol. The number of carbonyl (C=O) groups is 1. The number of hydrogen-bond donors (Lipinski definition) is 2. The van der Waals surface area contributed by atoms with Crippen LogP contribution in [0.1, 0.15) is 21.5 Å². The lowest BCUT2D eigenvalue weighted by atomic mass is 10.2. The van der Waals surface area contributed by atoms with E-state index in [1.165, 1.54) is 35.4 Å². The van der Waals surface area contributed by atoms with Crippen molar-refractivity contribution in [1.82, 2.24) is 0 Å². The molecule has 0 aliphatic carbocycles. The van der Waals surface area contributed by atoms with Gasteiger partial charge < -0.3 is 15.5 Å². The number of aromatic carboxylic acids is 1. The Morgan fingerprint density at radius 1 is 0.760 bits per heavy atom. The minimum absolute atomic E-state index is 0.178. The van der Waals surface area contributed by atoms with Crippen LogP contribution in [-0.2, 0) is 13.1 Å². The molecule has 0 unspecified atom stereocenters. The van der Waals surface area contributed by atoms with Crippen LogP contribution < -0.4 is 10.4 Å². The standard InChI is InChI=1S/C14H15N.C7H6O3/c1-3-7-13(8-4-1)11-15-12-14-9-5-2-6-10-14;8-6-4-2-1-3-5(6)7(9)10/h1-10,15H,11-12H2;1-4,8H,(H,9,10). The van der Waals surface area contributed by atoms with Gasteiger partial charge in [-0.1, -0.05) is 84.6 Å². The van der Waals surface area contributed by atoms with Crippen molar-refractivity contribution in [2.24, 2.45) is 0 Å². The highest BCUT2D eigenvalue weighted by Crippen LogP contribution is 2.10. The van der Waals surface area contributed by atoms with Gasteiger partial charge in [0.15, 0.2) is 0 Å². The molecule has 0 fully saturated rings. The topological polar surface area (TPSA) is 77.0 Å². The predicted octanol–water partition coefficient (Wildman–Crippen LogP) is 2.41. The van der Waals surface area contributed by atoms with Crippen LogP contribution in [0.2, 0.25) is 0 Å². The molecular weight excluding hydrogens is 314 g/mol. The zero-order valence-corrected chi connectivity index (χ0v) is 13.8. The minimum Gasteiger partial charge on any atom is -0.872 e. The number of quaternary nitrogens is 1. The van der Waals surface area contributed by atoms with Crippen molar-refractivity contribution in [2.75, 3.05) is 0 Å². The summed E-state index contributed by atoms with van der Waals surface area (Å²) < 4.78 is 0. The van der Waals surface area contributed by atoms with Gasteiger partial charge in [0, 0.05) is 11.1 Å². The quantitative estimate of drug-likeness (QED) is 0.752. The summed E-state index contributed by atoms with van der Waals surface area (Å²) in [6, 6.07) is 26.7. The van der Waals surface area contributed by atoms with E-state index in [4.69, 9.17) is 5.11 Å². The summed E-state index contributed by atoms with van der Waals surface area (Å²) in [7, 11) is 0. The summed E-state index contributed by atoms with van der Waals surface area (Å²) in [5.41, 5.74) is 2.59. The minimum atomic E-state index is -1.18. The van der Waals surface area contributed by atoms with E-state index in [0.717, 1.165) is 13.1 Å². The lowest BCUT2D eigenvalue weighted by molar-refractivity contribution is -0.686. The normalized spacial score (nSPS) is 9.76. The van der Waals surface area contributed by atoms with E-state index in [0.29, 0.717) is 0 Å². The lowest BCUT2D eigenvalue weighted by Gasteiger charge is -2.07. The van der Waals surface area contributed by atoms with E-state index in [2.05, 4.69) is 66.0 Å². The van der Waals surface area contributed by atoms with Crippen molar-refractivity contribution in [2.45, 2.75) is 13.1 Å². The third-order valence-electron chi connectivity index (χ3n) is 3.56. The molecule has 4 nitrogen and oxygen atoms in total. The third kappa shape index (κ3) is 6.49. The van der Waals surface area contributed by atoms with Crippen molar-refractivity contribution in [3.8, 4) is 5.75 Å². The number of benzene rings is 3. The summed E-state index contributed by atoms with van der Waals surface area (Å²) in [5, 5.41) is 21.4. The molecule has 0 radical (unpaired) electrons. The fourth-order valence-corrected chi connectivity index (χ4v) is 2.28. The second-order valence-corrected chi connectivity index (χ2v) is 5.47. The molecule has 3 aromatic carbocycles. The summed E-state index contributed by atoms with van der Waals surface area (Å²) in [5.74, 6) is -1.62. The highest BCUT2D eigenvalue weighted by Gasteiger charge is 1.99.